The van der Waals surface area contributed by atoms with Gasteiger partial charge in [-0.15, -0.1) is 0 Å². The first-order valence-electron chi connectivity index (χ1n) is 7.08. The second-order valence-corrected chi connectivity index (χ2v) is 6.70. The lowest BCUT2D eigenvalue weighted by Gasteiger charge is -2.17. The number of halogens is 1. The van der Waals surface area contributed by atoms with Crippen molar-refractivity contribution in [1.82, 2.24) is 0 Å². The molecule has 0 saturated carbocycles. The molecule has 0 aliphatic heterocycles. The Kier molecular flexibility index (Phi) is 3.33. The molecule has 1 aliphatic carbocycles. The third kappa shape index (κ3) is 2.05. The van der Waals surface area contributed by atoms with Gasteiger partial charge in [-0.25, -0.2) is 0 Å². The van der Waals surface area contributed by atoms with Gasteiger partial charge in [0.05, 0.1) is 0 Å². The molecular formula is C19H19Br. The van der Waals surface area contributed by atoms with Crippen LogP contribution in [0.25, 0.3) is 17.2 Å². The van der Waals surface area contributed by atoms with Gasteiger partial charge < -0.3 is 0 Å². The van der Waals surface area contributed by atoms with Crippen LogP contribution in [0.15, 0.2) is 34.8 Å². The molecule has 0 fully saturated rings. The van der Waals surface area contributed by atoms with E-state index in [0.29, 0.717) is 5.92 Å². The van der Waals surface area contributed by atoms with Gasteiger partial charge in [0.15, 0.2) is 0 Å². The molecule has 0 N–H and O–H groups in total. The fraction of sp³-hybridized carbons (Fsp3) is 0.263. The molecule has 1 unspecified atom stereocenters. The van der Waals surface area contributed by atoms with Crippen molar-refractivity contribution in [3.63, 3.8) is 0 Å². The third-order valence-electron chi connectivity index (χ3n) is 4.20. The molecule has 0 nitrogen and oxygen atoms in total. The smallest absolute Gasteiger partial charge is 0.0260 e. The van der Waals surface area contributed by atoms with E-state index < -0.39 is 0 Å². The van der Waals surface area contributed by atoms with Gasteiger partial charge in [0.2, 0.25) is 0 Å². The van der Waals surface area contributed by atoms with Crippen molar-refractivity contribution in [3.8, 4) is 11.1 Å². The quantitative estimate of drug-likeness (QED) is 0.587. The highest BCUT2D eigenvalue weighted by Crippen LogP contribution is 2.43. The van der Waals surface area contributed by atoms with Gasteiger partial charge >= 0.3 is 0 Å². The second kappa shape index (κ2) is 4.89. The van der Waals surface area contributed by atoms with E-state index in [9.17, 15) is 0 Å². The molecule has 0 heterocycles. The minimum atomic E-state index is 0.517. The zero-order chi connectivity index (χ0) is 14.4. The SMILES string of the molecule is Cc1cc(C)c(-c2c(Br)ccc3c2C=CC3C)c(C)c1. The van der Waals surface area contributed by atoms with E-state index in [2.05, 4.69) is 80.0 Å². The summed E-state index contributed by atoms with van der Waals surface area (Å²) in [5.41, 5.74) is 9.56. The van der Waals surface area contributed by atoms with Crippen molar-refractivity contribution in [1.29, 1.82) is 0 Å². The maximum atomic E-state index is 3.76. The standard InChI is InChI=1S/C19H19Br/c1-11-9-13(3)18(14(4)10-11)19-16-6-5-12(2)15(16)7-8-17(19)20/h5-10,12H,1-4H3. The van der Waals surface area contributed by atoms with E-state index in [1.165, 1.54) is 43.4 Å². The number of rotatable bonds is 1. The van der Waals surface area contributed by atoms with Crippen LogP contribution in [0.1, 0.15) is 40.7 Å². The van der Waals surface area contributed by atoms with Crippen LogP contribution in [-0.4, -0.2) is 0 Å². The fourth-order valence-electron chi connectivity index (χ4n) is 3.36. The van der Waals surface area contributed by atoms with Crippen LogP contribution in [0.4, 0.5) is 0 Å². The summed E-state index contributed by atoms with van der Waals surface area (Å²) >= 11 is 3.76. The number of fused-ring (bicyclic) bond motifs is 1. The minimum absolute atomic E-state index is 0.517. The molecule has 0 radical (unpaired) electrons. The van der Waals surface area contributed by atoms with Crippen LogP contribution in [0.3, 0.4) is 0 Å². The van der Waals surface area contributed by atoms with Gasteiger partial charge in [-0.2, -0.15) is 0 Å². The first-order chi connectivity index (χ1) is 9.49. The molecule has 1 atom stereocenters. The average Bonchev–Trinajstić information content (AvgIpc) is 2.72. The van der Waals surface area contributed by atoms with Gasteiger partial charge in [0.25, 0.3) is 0 Å². The highest BCUT2D eigenvalue weighted by molar-refractivity contribution is 9.10. The van der Waals surface area contributed by atoms with Crippen molar-refractivity contribution < 1.29 is 0 Å². The highest BCUT2D eigenvalue weighted by Gasteiger charge is 2.21. The molecule has 102 valence electrons. The van der Waals surface area contributed by atoms with E-state index in [1.54, 1.807) is 0 Å². The Morgan fingerprint density at radius 2 is 1.60 bits per heavy atom. The molecular weight excluding hydrogens is 308 g/mol. The van der Waals surface area contributed by atoms with Crippen molar-refractivity contribution >= 4 is 22.0 Å². The van der Waals surface area contributed by atoms with E-state index in [1.807, 2.05) is 0 Å². The van der Waals surface area contributed by atoms with Gasteiger partial charge in [-0.05, 0) is 60.6 Å². The van der Waals surface area contributed by atoms with E-state index >= 15 is 0 Å². The maximum absolute atomic E-state index is 3.76. The van der Waals surface area contributed by atoms with Crippen molar-refractivity contribution in [2.24, 2.45) is 0 Å². The topological polar surface area (TPSA) is 0 Å². The lowest BCUT2D eigenvalue weighted by molar-refractivity contribution is 0.990. The largest absolute Gasteiger partial charge is 0.0766 e. The molecule has 1 heteroatoms. The van der Waals surface area contributed by atoms with Crippen LogP contribution >= 0.6 is 15.9 Å². The lowest BCUT2D eigenvalue weighted by atomic mass is 9.89. The van der Waals surface area contributed by atoms with Crippen molar-refractivity contribution in [2.45, 2.75) is 33.6 Å². The molecule has 0 aromatic heterocycles. The Balaban J connectivity index is 2.35. The fourth-order valence-corrected chi connectivity index (χ4v) is 3.90. The molecule has 20 heavy (non-hydrogen) atoms. The van der Waals surface area contributed by atoms with Gasteiger partial charge in [-0.1, -0.05) is 58.8 Å². The van der Waals surface area contributed by atoms with Crippen molar-refractivity contribution in [2.75, 3.05) is 0 Å². The molecule has 0 amide bonds. The normalized spacial score (nSPS) is 16.6. The number of aryl methyl sites for hydroxylation is 3. The summed E-state index contributed by atoms with van der Waals surface area (Å²) in [5, 5.41) is 0. The molecule has 1 aliphatic rings. The molecule has 0 spiro atoms. The first-order valence-corrected chi connectivity index (χ1v) is 7.87. The summed E-state index contributed by atoms with van der Waals surface area (Å²) in [4.78, 5) is 0. The number of hydrogen-bond acceptors (Lipinski definition) is 0. The van der Waals surface area contributed by atoms with Crippen molar-refractivity contribution in [3.05, 3.63) is 62.6 Å². The Bertz CT molecular complexity index is 700. The minimum Gasteiger partial charge on any atom is -0.0766 e. The van der Waals surface area contributed by atoms with Gasteiger partial charge in [0.1, 0.15) is 0 Å². The van der Waals surface area contributed by atoms with Crippen LogP contribution in [0.5, 0.6) is 0 Å². The third-order valence-corrected chi connectivity index (χ3v) is 4.86. The number of hydrogen-bond donors (Lipinski definition) is 0. The zero-order valence-corrected chi connectivity index (χ0v) is 14.0. The Morgan fingerprint density at radius 3 is 2.25 bits per heavy atom. The molecule has 2 aromatic rings. The zero-order valence-electron chi connectivity index (χ0n) is 12.4. The number of benzene rings is 2. The molecule has 3 rings (SSSR count). The lowest BCUT2D eigenvalue weighted by Crippen LogP contribution is -1.96. The summed E-state index contributed by atoms with van der Waals surface area (Å²) in [5.74, 6) is 0.517. The predicted octanol–water partition coefficient (Wildman–Crippen LogP) is 6.17. The maximum Gasteiger partial charge on any atom is 0.0260 e. The molecule has 2 aromatic carbocycles. The molecule has 0 saturated heterocycles. The molecule has 0 bridgehead atoms. The van der Waals surface area contributed by atoms with Gasteiger partial charge in [0, 0.05) is 10.0 Å². The summed E-state index contributed by atoms with van der Waals surface area (Å²) in [6.45, 7) is 8.84. The Morgan fingerprint density at radius 1 is 0.950 bits per heavy atom. The van der Waals surface area contributed by atoms with Crippen LogP contribution in [0, 0.1) is 20.8 Å². The van der Waals surface area contributed by atoms with E-state index in [0.717, 1.165) is 0 Å². The average molecular weight is 327 g/mol. The number of allylic oxidation sites excluding steroid dienone is 1. The monoisotopic (exact) mass is 326 g/mol. The second-order valence-electron chi connectivity index (χ2n) is 5.85. The van der Waals surface area contributed by atoms with Crippen LogP contribution in [-0.2, 0) is 0 Å². The van der Waals surface area contributed by atoms with Crippen LogP contribution in [0.2, 0.25) is 0 Å². The summed E-state index contributed by atoms with van der Waals surface area (Å²) in [7, 11) is 0. The van der Waals surface area contributed by atoms with E-state index in [4.69, 9.17) is 0 Å². The highest BCUT2D eigenvalue weighted by atomic mass is 79.9. The summed E-state index contributed by atoms with van der Waals surface area (Å²) in [6, 6.07) is 8.98. The van der Waals surface area contributed by atoms with Gasteiger partial charge in [-0.3, -0.25) is 0 Å². The summed E-state index contributed by atoms with van der Waals surface area (Å²) < 4.78 is 1.19. The first kappa shape index (κ1) is 13.6. The Hall–Kier alpha value is -1.34. The Labute approximate surface area is 129 Å². The van der Waals surface area contributed by atoms with Crippen LogP contribution < -0.4 is 0 Å². The van der Waals surface area contributed by atoms with E-state index in [-0.39, 0.29) is 0 Å². The predicted molar refractivity (Wildman–Crippen MR) is 91.2 cm³/mol. The summed E-state index contributed by atoms with van der Waals surface area (Å²) in [6.07, 6.45) is 4.57.